The molecule has 1 amide bonds. The van der Waals surface area contributed by atoms with Gasteiger partial charge >= 0.3 is 0 Å². The van der Waals surface area contributed by atoms with Crippen LogP contribution in [0.25, 0.3) is 0 Å². The average Bonchev–Trinajstić information content (AvgIpc) is 2.63. The molecule has 0 aliphatic rings. The van der Waals surface area contributed by atoms with Crippen molar-refractivity contribution in [3.63, 3.8) is 0 Å². The molecule has 1 N–H and O–H groups in total. The van der Waals surface area contributed by atoms with E-state index in [1.54, 1.807) is 18.2 Å². The van der Waals surface area contributed by atoms with Gasteiger partial charge in [0.25, 0.3) is 5.91 Å². The molecule has 0 spiro atoms. The highest BCUT2D eigenvalue weighted by Gasteiger charge is 2.12. The molecule has 0 aliphatic carbocycles. The lowest BCUT2D eigenvalue weighted by Crippen LogP contribution is -2.19. The van der Waals surface area contributed by atoms with Gasteiger partial charge in [-0.1, -0.05) is 0 Å². The van der Waals surface area contributed by atoms with Crippen LogP contribution in [0.15, 0.2) is 39.9 Å². The lowest BCUT2D eigenvalue weighted by molar-refractivity contribution is 0.0951. The predicted molar refractivity (Wildman–Crippen MR) is 98.0 cm³/mol. The number of amides is 1. The summed E-state index contributed by atoms with van der Waals surface area (Å²) >= 11 is 3.38. The highest BCUT2D eigenvalue weighted by atomic mass is 79.9. The number of nitrogens with one attached hydrogen (secondary N) is 1. The monoisotopic (exact) mass is 419 g/mol. The molecule has 26 heavy (non-hydrogen) atoms. The van der Waals surface area contributed by atoms with Crippen molar-refractivity contribution in [1.29, 1.82) is 5.26 Å². The highest BCUT2D eigenvalue weighted by Crippen LogP contribution is 2.32. The van der Waals surface area contributed by atoms with Crippen LogP contribution in [0.5, 0.6) is 11.5 Å². The van der Waals surface area contributed by atoms with Crippen LogP contribution in [0.3, 0.4) is 0 Å². The Morgan fingerprint density at radius 3 is 2.77 bits per heavy atom. The molecule has 0 fully saturated rings. The van der Waals surface area contributed by atoms with Crippen molar-refractivity contribution in [2.24, 2.45) is 5.10 Å². The third-order valence-corrected chi connectivity index (χ3v) is 3.98. The zero-order chi connectivity index (χ0) is 19.1. The van der Waals surface area contributed by atoms with Gasteiger partial charge in [0.15, 0.2) is 11.5 Å². The first-order valence-corrected chi connectivity index (χ1v) is 8.32. The number of rotatable bonds is 6. The van der Waals surface area contributed by atoms with E-state index < -0.39 is 11.7 Å². The lowest BCUT2D eigenvalue weighted by atomic mass is 10.1. The third-order valence-electron chi connectivity index (χ3n) is 3.30. The van der Waals surface area contributed by atoms with Gasteiger partial charge in [0.05, 0.1) is 37.1 Å². The number of hydrazone groups is 1. The van der Waals surface area contributed by atoms with E-state index in [0.717, 1.165) is 6.07 Å². The van der Waals surface area contributed by atoms with Crippen LogP contribution in [0.1, 0.15) is 28.4 Å². The molecule has 0 unspecified atom stereocenters. The molecule has 0 aromatic heterocycles. The molecular weight excluding hydrogens is 405 g/mol. The molecule has 0 bridgehead atoms. The summed E-state index contributed by atoms with van der Waals surface area (Å²) in [5.41, 5.74) is 2.81. The molecule has 6 nitrogen and oxygen atoms in total. The van der Waals surface area contributed by atoms with Crippen LogP contribution >= 0.6 is 15.9 Å². The fraction of sp³-hybridized carbons (Fsp3) is 0.167. The number of benzene rings is 2. The summed E-state index contributed by atoms with van der Waals surface area (Å²) in [6, 6.07) is 8.80. The Morgan fingerprint density at radius 1 is 1.38 bits per heavy atom. The molecular formula is C18H15BrFN3O3. The van der Waals surface area contributed by atoms with E-state index >= 15 is 0 Å². The smallest absolute Gasteiger partial charge is 0.274 e. The van der Waals surface area contributed by atoms with Crippen molar-refractivity contribution in [1.82, 2.24) is 5.43 Å². The molecule has 8 heteroatoms. The molecule has 2 rings (SSSR count). The van der Waals surface area contributed by atoms with Gasteiger partial charge in [0.2, 0.25) is 0 Å². The number of ether oxygens (including phenoxy) is 2. The number of carbonyl (C=O) groups is 1. The Labute approximate surface area is 158 Å². The van der Waals surface area contributed by atoms with Gasteiger partial charge in [0.1, 0.15) is 5.82 Å². The van der Waals surface area contributed by atoms with E-state index in [1.807, 2.05) is 6.92 Å². The quantitative estimate of drug-likeness (QED) is 0.572. The minimum absolute atomic E-state index is 0.133. The summed E-state index contributed by atoms with van der Waals surface area (Å²) in [6.07, 6.45) is 1.39. The molecule has 0 saturated heterocycles. The maximum absolute atomic E-state index is 13.8. The van der Waals surface area contributed by atoms with Gasteiger partial charge in [-0.05, 0) is 53.2 Å². The molecule has 0 atom stereocenters. The Kier molecular flexibility index (Phi) is 6.69. The number of hydrogen-bond acceptors (Lipinski definition) is 5. The standard InChI is InChI=1S/C18H15BrFN3O3/c1-3-26-17-7-12(14(19)8-16(17)25-2)10-22-23-18(24)13-5-4-11(9-21)6-15(13)20/h4-8,10H,3H2,1-2H3,(H,23,24)/b22-10-. The van der Waals surface area contributed by atoms with Crippen LogP contribution in [0.2, 0.25) is 0 Å². The van der Waals surface area contributed by atoms with Gasteiger partial charge in [-0.15, -0.1) is 0 Å². The second kappa shape index (κ2) is 8.97. The van der Waals surface area contributed by atoms with Crippen molar-refractivity contribution >= 4 is 28.1 Å². The Bertz CT molecular complexity index is 894. The largest absolute Gasteiger partial charge is 0.493 e. The maximum atomic E-state index is 13.8. The van der Waals surface area contributed by atoms with Gasteiger partial charge in [-0.2, -0.15) is 10.4 Å². The van der Waals surface area contributed by atoms with E-state index in [1.165, 1.54) is 25.5 Å². The second-order valence-corrected chi connectivity index (χ2v) is 5.82. The van der Waals surface area contributed by atoms with Crippen LogP contribution in [-0.2, 0) is 0 Å². The minimum Gasteiger partial charge on any atom is -0.493 e. The van der Waals surface area contributed by atoms with Crippen molar-refractivity contribution in [2.45, 2.75) is 6.92 Å². The Balaban J connectivity index is 2.16. The molecule has 134 valence electrons. The van der Waals surface area contributed by atoms with Crippen molar-refractivity contribution in [2.75, 3.05) is 13.7 Å². The van der Waals surface area contributed by atoms with Gasteiger partial charge in [-0.25, -0.2) is 9.82 Å². The normalized spacial score (nSPS) is 10.4. The predicted octanol–water partition coefficient (Wildman–Crippen LogP) is 3.63. The fourth-order valence-corrected chi connectivity index (χ4v) is 2.49. The first-order valence-electron chi connectivity index (χ1n) is 7.53. The van der Waals surface area contributed by atoms with Crippen LogP contribution in [0, 0.1) is 17.1 Å². The summed E-state index contributed by atoms with van der Waals surface area (Å²) in [6.45, 7) is 2.31. The van der Waals surface area contributed by atoms with Crippen LogP contribution < -0.4 is 14.9 Å². The number of halogens is 2. The third kappa shape index (κ3) is 4.58. The van der Waals surface area contributed by atoms with Crippen molar-refractivity contribution < 1.29 is 18.7 Å². The minimum atomic E-state index is -0.791. The average molecular weight is 420 g/mol. The number of nitriles is 1. The van der Waals surface area contributed by atoms with Gasteiger partial charge in [0, 0.05) is 10.0 Å². The summed E-state index contributed by atoms with van der Waals surface area (Å²) in [5, 5.41) is 12.6. The molecule has 2 aromatic rings. The van der Waals surface area contributed by atoms with E-state index in [4.69, 9.17) is 14.7 Å². The van der Waals surface area contributed by atoms with E-state index in [2.05, 4.69) is 26.5 Å². The van der Waals surface area contributed by atoms with Gasteiger partial charge in [-0.3, -0.25) is 4.79 Å². The Hall–Kier alpha value is -2.92. The first-order chi connectivity index (χ1) is 12.5. The molecule has 0 saturated carbocycles. The summed E-state index contributed by atoms with van der Waals surface area (Å²) in [4.78, 5) is 12.0. The van der Waals surface area contributed by atoms with Crippen LogP contribution in [0.4, 0.5) is 4.39 Å². The summed E-state index contributed by atoms with van der Waals surface area (Å²) in [7, 11) is 1.53. The number of hydrogen-bond donors (Lipinski definition) is 1. The SMILES string of the molecule is CCOc1cc(/C=N\NC(=O)c2ccc(C#N)cc2F)c(Br)cc1OC. The Morgan fingerprint density at radius 2 is 2.15 bits per heavy atom. The summed E-state index contributed by atoms with van der Waals surface area (Å²) in [5.74, 6) is -0.428. The second-order valence-electron chi connectivity index (χ2n) is 4.96. The van der Waals surface area contributed by atoms with Crippen molar-refractivity contribution in [3.8, 4) is 17.6 Å². The van der Waals surface area contributed by atoms with Crippen LogP contribution in [-0.4, -0.2) is 25.8 Å². The number of nitrogens with zero attached hydrogens (tertiary/aromatic N) is 2. The number of methoxy groups -OCH3 is 1. The molecule has 0 aliphatic heterocycles. The maximum Gasteiger partial charge on any atom is 0.274 e. The van der Waals surface area contributed by atoms with E-state index in [9.17, 15) is 9.18 Å². The zero-order valence-electron chi connectivity index (χ0n) is 14.0. The first kappa shape index (κ1) is 19.4. The molecule has 0 radical (unpaired) electrons. The zero-order valence-corrected chi connectivity index (χ0v) is 15.6. The van der Waals surface area contributed by atoms with Gasteiger partial charge < -0.3 is 9.47 Å². The lowest BCUT2D eigenvalue weighted by Gasteiger charge is -2.11. The topological polar surface area (TPSA) is 83.7 Å². The fourth-order valence-electron chi connectivity index (χ4n) is 2.07. The van der Waals surface area contributed by atoms with Crippen molar-refractivity contribution in [3.05, 3.63) is 57.3 Å². The highest BCUT2D eigenvalue weighted by molar-refractivity contribution is 9.10. The summed E-state index contributed by atoms with van der Waals surface area (Å²) < 4.78 is 25.2. The number of carbonyl (C=O) groups excluding carboxylic acids is 1. The molecule has 2 aromatic carbocycles. The molecule has 0 heterocycles. The van der Waals surface area contributed by atoms with E-state index in [-0.39, 0.29) is 11.1 Å². The van der Waals surface area contributed by atoms with E-state index in [0.29, 0.717) is 28.1 Å².